The zero-order chi connectivity index (χ0) is 18.4. The number of carbonyl (C=O) groups is 2. The molecular formula is C17H20N2O4S2. The second kappa shape index (κ2) is 8.98. The van der Waals surface area contributed by atoms with Crippen molar-refractivity contribution in [2.45, 2.75) is 0 Å². The van der Waals surface area contributed by atoms with Gasteiger partial charge in [-0.3, -0.25) is 14.5 Å². The van der Waals surface area contributed by atoms with Crippen molar-refractivity contribution in [1.82, 2.24) is 9.80 Å². The SMILES string of the molecule is COc1ccc(C=C2SC(=O)N(CC(=O)OCCN(C)C)C2=S)cc1. The summed E-state index contributed by atoms with van der Waals surface area (Å²) in [7, 11) is 5.38. The highest BCUT2D eigenvalue weighted by molar-refractivity contribution is 8.19. The first-order valence-corrected chi connectivity index (χ1v) is 8.83. The smallest absolute Gasteiger partial charge is 0.326 e. The van der Waals surface area contributed by atoms with Crippen LogP contribution in [-0.2, 0) is 9.53 Å². The van der Waals surface area contributed by atoms with Crippen molar-refractivity contribution in [3.05, 3.63) is 34.7 Å². The van der Waals surface area contributed by atoms with E-state index >= 15 is 0 Å². The van der Waals surface area contributed by atoms with Gasteiger partial charge < -0.3 is 14.4 Å². The summed E-state index contributed by atoms with van der Waals surface area (Å²) in [4.78, 5) is 28.2. The van der Waals surface area contributed by atoms with E-state index in [2.05, 4.69) is 0 Å². The normalized spacial score (nSPS) is 16.0. The van der Waals surface area contributed by atoms with E-state index < -0.39 is 5.97 Å². The minimum Gasteiger partial charge on any atom is -0.497 e. The van der Waals surface area contributed by atoms with Gasteiger partial charge in [0.2, 0.25) is 0 Å². The molecule has 1 aliphatic rings. The van der Waals surface area contributed by atoms with Crippen LogP contribution >= 0.6 is 24.0 Å². The number of benzene rings is 1. The lowest BCUT2D eigenvalue weighted by Crippen LogP contribution is -2.34. The largest absolute Gasteiger partial charge is 0.497 e. The van der Waals surface area contributed by atoms with Crippen LogP contribution in [-0.4, -0.2) is 66.9 Å². The van der Waals surface area contributed by atoms with Crippen molar-refractivity contribution >= 4 is 46.3 Å². The Morgan fingerprint density at radius 3 is 2.60 bits per heavy atom. The molecule has 6 nitrogen and oxygen atoms in total. The van der Waals surface area contributed by atoms with Crippen molar-refractivity contribution in [2.24, 2.45) is 0 Å². The predicted octanol–water partition coefficient (Wildman–Crippen LogP) is 2.64. The van der Waals surface area contributed by atoms with E-state index in [0.717, 1.165) is 23.1 Å². The number of rotatable bonds is 7. The molecule has 0 atom stereocenters. The fourth-order valence-electron chi connectivity index (χ4n) is 2.00. The topological polar surface area (TPSA) is 59.1 Å². The Morgan fingerprint density at radius 2 is 2.00 bits per heavy atom. The van der Waals surface area contributed by atoms with Gasteiger partial charge in [-0.15, -0.1) is 0 Å². The van der Waals surface area contributed by atoms with Crippen LogP contribution < -0.4 is 4.74 Å². The van der Waals surface area contributed by atoms with E-state index in [1.54, 1.807) is 7.11 Å². The molecule has 0 saturated carbocycles. The number of methoxy groups -OCH3 is 1. The van der Waals surface area contributed by atoms with Crippen LogP contribution in [0.2, 0.25) is 0 Å². The van der Waals surface area contributed by atoms with E-state index in [-0.39, 0.29) is 18.4 Å². The molecule has 134 valence electrons. The number of thiocarbonyl (C=S) groups is 1. The quantitative estimate of drug-likeness (QED) is 0.409. The van der Waals surface area contributed by atoms with Crippen LogP contribution in [0.4, 0.5) is 4.79 Å². The average Bonchev–Trinajstić information content (AvgIpc) is 2.83. The third-order valence-corrected chi connectivity index (χ3v) is 4.87. The fraction of sp³-hybridized carbons (Fsp3) is 0.353. The van der Waals surface area contributed by atoms with Gasteiger partial charge in [0.25, 0.3) is 5.24 Å². The van der Waals surface area contributed by atoms with Gasteiger partial charge in [0.1, 0.15) is 23.9 Å². The van der Waals surface area contributed by atoms with Gasteiger partial charge in [0.05, 0.1) is 12.0 Å². The summed E-state index contributed by atoms with van der Waals surface area (Å²) in [5.74, 6) is 0.283. The third kappa shape index (κ3) is 5.55. The third-order valence-electron chi connectivity index (χ3n) is 3.38. The molecule has 1 aromatic rings. The molecule has 0 radical (unpaired) electrons. The zero-order valence-corrected chi connectivity index (χ0v) is 16.0. The first kappa shape index (κ1) is 19.4. The number of esters is 1. The lowest BCUT2D eigenvalue weighted by atomic mass is 10.2. The number of hydrogen-bond donors (Lipinski definition) is 0. The number of amides is 1. The molecule has 25 heavy (non-hydrogen) atoms. The fourth-order valence-corrected chi connectivity index (χ4v) is 3.24. The van der Waals surface area contributed by atoms with Crippen molar-refractivity contribution in [3.63, 3.8) is 0 Å². The highest BCUT2D eigenvalue weighted by atomic mass is 32.2. The lowest BCUT2D eigenvalue weighted by Gasteiger charge is -2.15. The summed E-state index contributed by atoms with van der Waals surface area (Å²) in [6, 6.07) is 7.41. The van der Waals surface area contributed by atoms with E-state index in [1.165, 1.54) is 4.90 Å². The second-order valence-corrected chi connectivity index (χ2v) is 6.94. The Balaban J connectivity index is 1.98. The molecule has 0 bridgehead atoms. The number of ether oxygens (including phenoxy) is 2. The van der Waals surface area contributed by atoms with E-state index in [0.29, 0.717) is 16.4 Å². The molecular weight excluding hydrogens is 360 g/mol. The maximum atomic E-state index is 12.1. The Kier molecular flexibility index (Phi) is 6.98. The number of hydrogen-bond acceptors (Lipinski definition) is 7. The predicted molar refractivity (Wildman–Crippen MR) is 103 cm³/mol. The van der Waals surface area contributed by atoms with Gasteiger partial charge in [-0.05, 0) is 49.6 Å². The van der Waals surface area contributed by atoms with Crippen LogP contribution in [0.1, 0.15) is 5.56 Å². The Bertz CT molecular complexity index is 686. The molecule has 2 rings (SSSR count). The highest BCUT2D eigenvalue weighted by Gasteiger charge is 2.33. The lowest BCUT2D eigenvalue weighted by molar-refractivity contribution is -0.143. The van der Waals surface area contributed by atoms with Crippen molar-refractivity contribution < 1.29 is 19.1 Å². The summed E-state index contributed by atoms with van der Waals surface area (Å²) >= 11 is 6.35. The molecule has 1 aliphatic heterocycles. The molecule has 1 saturated heterocycles. The van der Waals surface area contributed by atoms with Gasteiger partial charge >= 0.3 is 5.97 Å². The summed E-state index contributed by atoms with van der Waals surface area (Å²) in [6.45, 7) is 0.738. The summed E-state index contributed by atoms with van der Waals surface area (Å²) in [5.41, 5.74) is 0.897. The number of thioether (sulfide) groups is 1. The maximum absolute atomic E-state index is 12.1. The Hall–Kier alpha value is -1.90. The van der Waals surface area contributed by atoms with Crippen LogP contribution in [0.15, 0.2) is 29.2 Å². The minimum atomic E-state index is -0.469. The molecule has 1 fully saturated rings. The van der Waals surface area contributed by atoms with Gasteiger partial charge in [-0.2, -0.15) is 0 Å². The van der Waals surface area contributed by atoms with Crippen LogP contribution in [0, 0.1) is 0 Å². The molecule has 0 aliphatic carbocycles. The molecule has 0 unspecified atom stereocenters. The number of carbonyl (C=O) groups excluding carboxylic acids is 2. The van der Waals surface area contributed by atoms with Crippen molar-refractivity contribution in [3.8, 4) is 5.75 Å². The van der Waals surface area contributed by atoms with Gasteiger partial charge in [-0.1, -0.05) is 24.4 Å². The number of nitrogens with zero attached hydrogens (tertiary/aromatic N) is 2. The second-order valence-electron chi connectivity index (χ2n) is 5.56. The van der Waals surface area contributed by atoms with E-state index in [1.807, 2.05) is 49.3 Å². The molecule has 0 N–H and O–H groups in total. The van der Waals surface area contributed by atoms with Crippen LogP contribution in [0.25, 0.3) is 6.08 Å². The van der Waals surface area contributed by atoms with Gasteiger partial charge in [-0.25, -0.2) is 0 Å². The van der Waals surface area contributed by atoms with E-state index in [9.17, 15) is 9.59 Å². The average molecular weight is 380 g/mol. The highest BCUT2D eigenvalue weighted by Crippen LogP contribution is 2.33. The standard InChI is InChI=1S/C17H20N2O4S2/c1-18(2)8-9-23-15(20)11-19-16(24)14(25-17(19)21)10-12-4-6-13(22-3)7-5-12/h4-7,10H,8-9,11H2,1-3H3. The summed E-state index contributed by atoms with van der Waals surface area (Å²) in [5, 5.41) is -0.269. The van der Waals surface area contributed by atoms with Crippen LogP contribution in [0.3, 0.4) is 0 Å². The van der Waals surface area contributed by atoms with E-state index in [4.69, 9.17) is 21.7 Å². The molecule has 1 heterocycles. The van der Waals surface area contributed by atoms with Crippen molar-refractivity contribution in [1.29, 1.82) is 0 Å². The Labute approximate surface area is 156 Å². The maximum Gasteiger partial charge on any atom is 0.326 e. The number of likely N-dealkylation sites (N-methyl/N-ethyl adjacent to an activating group) is 1. The summed E-state index contributed by atoms with van der Waals surface area (Å²) in [6.07, 6.45) is 1.82. The first-order valence-electron chi connectivity index (χ1n) is 7.60. The zero-order valence-electron chi connectivity index (χ0n) is 14.4. The Morgan fingerprint density at radius 1 is 1.32 bits per heavy atom. The van der Waals surface area contributed by atoms with Crippen molar-refractivity contribution in [2.75, 3.05) is 40.9 Å². The summed E-state index contributed by atoms with van der Waals surface area (Å²) < 4.78 is 10.2. The molecule has 1 amide bonds. The molecule has 0 spiro atoms. The van der Waals surface area contributed by atoms with Gasteiger partial charge in [0.15, 0.2) is 0 Å². The van der Waals surface area contributed by atoms with Gasteiger partial charge in [0, 0.05) is 6.54 Å². The molecule has 1 aromatic carbocycles. The minimum absolute atomic E-state index is 0.169. The monoisotopic (exact) mass is 380 g/mol. The molecule has 8 heteroatoms. The van der Waals surface area contributed by atoms with Crippen LogP contribution in [0.5, 0.6) is 5.75 Å². The molecule has 0 aromatic heterocycles. The first-order chi connectivity index (χ1) is 11.9.